The molecule has 76 valence electrons. The van der Waals surface area contributed by atoms with Gasteiger partial charge in [-0.25, -0.2) is 0 Å². The van der Waals surface area contributed by atoms with Gasteiger partial charge in [0.25, 0.3) is 0 Å². The predicted octanol–water partition coefficient (Wildman–Crippen LogP) is 1.39. The number of rotatable bonds is 4. The first kappa shape index (κ1) is 10.5. The number of aryl methyl sites for hydroxylation is 2. The summed E-state index contributed by atoms with van der Waals surface area (Å²) >= 11 is 0. The molecule has 0 aliphatic rings. The summed E-state index contributed by atoms with van der Waals surface area (Å²) < 4.78 is 1.80. The Hall–Kier alpha value is -1.58. The highest BCUT2D eigenvalue weighted by Crippen LogP contribution is 2.14. The number of aliphatic carboxylic acids is 1. The highest BCUT2D eigenvalue weighted by Gasteiger charge is 2.08. The Morgan fingerprint density at radius 3 is 2.64 bits per heavy atom. The van der Waals surface area contributed by atoms with Gasteiger partial charge in [0.15, 0.2) is 6.29 Å². The second kappa shape index (κ2) is 4.09. The highest BCUT2D eigenvalue weighted by atomic mass is 16.4. The Balaban J connectivity index is 2.88. The van der Waals surface area contributed by atoms with E-state index in [1.165, 1.54) is 0 Å². The maximum Gasteiger partial charge on any atom is 0.305 e. The van der Waals surface area contributed by atoms with Crippen molar-refractivity contribution in [2.45, 2.75) is 26.8 Å². The number of carbonyl (C=O) groups excluding carboxylic acids is 1. The smallest absolute Gasteiger partial charge is 0.305 e. The quantitative estimate of drug-likeness (QED) is 0.738. The molecule has 0 radical (unpaired) electrons. The lowest BCUT2D eigenvalue weighted by Gasteiger charge is -2.02. The third-order valence-corrected chi connectivity index (χ3v) is 2.28. The first-order chi connectivity index (χ1) is 6.56. The Morgan fingerprint density at radius 1 is 1.57 bits per heavy atom. The molecule has 1 aromatic heterocycles. The van der Waals surface area contributed by atoms with Gasteiger partial charge in [-0.05, 0) is 19.4 Å². The van der Waals surface area contributed by atoms with Crippen molar-refractivity contribution in [1.29, 1.82) is 0 Å². The average Bonchev–Trinajstić information content (AvgIpc) is 2.38. The molecule has 0 atom stereocenters. The first-order valence-electron chi connectivity index (χ1n) is 4.39. The zero-order valence-electron chi connectivity index (χ0n) is 8.28. The molecule has 1 aromatic rings. The van der Waals surface area contributed by atoms with Crippen LogP contribution in [0.25, 0.3) is 0 Å². The molecule has 0 aromatic carbocycles. The molecule has 0 bridgehead atoms. The van der Waals surface area contributed by atoms with E-state index < -0.39 is 5.97 Å². The first-order valence-corrected chi connectivity index (χ1v) is 4.39. The molecular formula is C10H13NO3. The number of aromatic nitrogens is 1. The van der Waals surface area contributed by atoms with Crippen LogP contribution >= 0.6 is 0 Å². The van der Waals surface area contributed by atoms with Crippen molar-refractivity contribution in [1.82, 2.24) is 4.57 Å². The Kier molecular flexibility index (Phi) is 3.06. The number of carboxylic acids is 1. The third-order valence-electron chi connectivity index (χ3n) is 2.28. The van der Waals surface area contributed by atoms with Crippen LogP contribution in [0.15, 0.2) is 6.20 Å². The number of carbonyl (C=O) groups is 2. The summed E-state index contributed by atoms with van der Waals surface area (Å²) in [6, 6.07) is 0. The van der Waals surface area contributed by atoms with Crippen molar-refractivity contribution in [2.24, 2.45) is 0 Å². The average molecular weight is 195 g/mol. The monoisotopic (exact) mass is 195 g/mol. The minimum atomic E-state index is -0.830. The number of hydrogen-bond donors (Lipinski definition) is 1. The van der Waals surface area contributed by atoms with Crippen molar-refractivity contribution in [3.63, 3.8) is 0 Å². The van der Waals surface area contributed by atoms with Crippen LogP contribution in [-0.4, -0.2) is 21.9 Å². The van der Waals surface area contributed by atoms with Gasteiger partial charge in [-0.3, -0.25) is 9.59 Å². The van der Waals surface area contributed by atoms with Gasteiger partial charge in [0, 0.05) is 24.0 Å². The topological polar surface area (TPSA) is 59.3 Å². The molecule has 0 unspecified atom stereocenters. The molecule has 1 heterocycles. The normalized spacial score (nSPS) is 10.1. The minimum Gasteiger partial charge on any atom is -0.481 e. The van der Waals surface area contributed by atoms with Gasteiger partial charge in [-0.2, -0.15) is 0 Å². The lowest BCUT2D eigenvalue weighted by molar-refractivity contribution is -0.137. The van der Waals surface area contributed by atoms with E-state index in [9.17, 15) is 9.59 Å². The number of hydrogen-bond acceptors (Lipinski definition) is 2. The zero-order valence-corrected chi connectivity index (χ0v) is 8.28. The molecular weight excluding hydrogens is 182 g/mol. The molecule has 1 rings (SSSR count). The summed E-state index contributed by atoms with van der Waals surface area (Å²) in [5.41, 5.74) is 2.39. The Morgan fingerprint density at radius 2 is 2.21 bits per heavy atom. The second-order valence-corrected chi connectivity index (χ2v) is 3.27. The van der Waals surface area contributed by atoms with Crippen molar-refractivity contribution < 1.29 is 14.7 Å². The number of nitrogens with zero attached hydrogens (tertiary/aromatic N) is 1. The number of carboxylic acid groups (broad SMARTS) is 1. The minimum absolute atomic E-state index is 0.0766. The lowest BCUT2D eigenvalue weighted by atomic mass is 10.2. The van der Waals surface area contributed by atoms with Crippen molar-refractivity contribution in [3.05, 3.63) is 23.0 Å². The van der Waals surface area contributed by atoms with E-state index in [1.807, 2.05) is 20.0 Å². The van der Waals surface area contributed by atoms with Crippen LogP contribution in [-0.2, 0) is 11.3 Å². The van der Waals surface area contributed by atoms with Gasteiger partial charge >= 0.3 is 5.97 Å². The highest BCUT2D eigenvalue weighted by molar-refractivity contribution is 5.79. The van der Waals surface area contributed by atoms with E-state index in [4.69, 9.17) is 5.11 Å². The van der Waals surface area contributed by atoms with Gasteiger partial charge in [0.1, 0.15) is 0 Å². The van der Waals surface area contributed by atoms with E-state index in [-0.39, 0.29) is 6.42 Å². The Labute approximate surface area is 82.2 Å². The van der Waals surface area contributed by atoms with Gasteiger partial charge in [-0.15, -0.1) is 0 Å². The molecule has 1 N–H and O–H groups in total. The van der Waals surface area contributed by atoms with E-state index in [0.29, 0.717) is 12.1 Å². The third kappa shape index (κ3) is 2.02. The molecule has 4 heteroatoms. The summed E-state index contributed by atoms with van der Waals surface area (Å²) in [5.74, 6) is -0.830. The van der Waals surface area contributed by atoms with Crippen LogP contribution in [0.1, 0.15) is 28.0 Å². The predicted molar refractivity (Wildman–Crippen MR) is 51.5 cm³/mol. The fourth-order valence-corrected chi connectivity index (χ4v) is 1.47. The molecule has 0 aliphatic heterocycles. The van der Waals surface area contributed by atoms with Crippen LogP contribution in [0.3, 0.4) is 0 Å². The molecule has 0 amide bonds. The van der Waals surface area contributed by atoms with Crippen LogP contribution in [0.5, 0.6) is 0 Å². The van der Waals surface area contributed by atoms with Gasteiger partial charge in [-0.1, -0.05) is 0 Å². The van der Waals surface area contributed by atoms with E-state index in [2.05, 4.69) is 0 Å². The fourth-order valence-electron chi connectivity index (χ4n) is 1.47. The van der Waals surface area contributed by atoms with Gasteiger partial charge < -0.3 is 9.67 Å². The van der Waals surface area contributed by atoms with Crippen molar-refractivity contribution in [3.8, 4) is 0 Å². The second-order valence-electron chi connectivity index (χ2n) is 3.27. The molecule has 0 saturated carbocycles. The summed E-state index contributed by atoms with van der Waals surface area (Å²) in [6.07, 6.45) is 2.69. The molecule has 0 aliphatic carbocycles. The summed E-state index contributed by atoms with van der Waals surface area (Å²) in [6.45, 7) is 4.07. The van der Waals surface area contributed by atoms with E-state index >= 15 is 0 Å². The van der Waals surface area contributed by atoms with Gasteiger partial charge in [0.05, 0.1) is 6.42 Å². The molecule has 0 fully saturated rings. The lowest BCUT2D eigenvalue weighted by Crippen LogP contribution is -2.05. The maximum atomic E-state index is 10.7. The molecule has 0 spiro atoms. The summed E-state index contributed by atoms with van der Waals surface area (Å²) in [7, 11) is 0. The van der Waals surface area contributed by atoms with E-state index in [0.717, 1.165) is 17.5 Å². The molecule has 4 nitrogen and oxygen atoms in total. The largest absolute Gasteiger partial charge is 0.481 e. The van der Waals surface area contributed by atoms with Crippen LogP contribution in [0, 0.1) is 13.8 Å². The Bertz CT molecular complexity index is 366. The van der Waals surface area contributed by atoms with Crippen LogP contribution in [0.2, 0.25) is 0 Å². The maximum absolute atomic E-state index is 10.7. The zero-order chi connectivity index (χ0) is 10.7. The number of aldehydes is 1. The van der Waals surface area contributed by atoms with Crippen LogP contribution in [0.4, 0.5) is 0 Å². The molecule has 14 heavy (non-hydrogen) atoms. The van der Waals surface area contributed by atoms with Gasteiger partial charge in [0.2, 0.25) is 0 Å². The summed E-state index contributed by atoms with van der Waals surface area (Å²) in [5, 5.41) is 8.52. The summed E-state index contributed by atoms with van der Waals surface area (Å²) in [4.78, 5) is 21.0. The van der Waals surface area contributed by atoms with E-state index in [1.54, 1.807) is 4.57 Å². The SMILES string of the molecule is Cc1cn(CCC(=O)O)c(C)c1C=O. The molecule has 0 saturated heterocycles. The van der Waals surface area contributed by atoms with Crippen LogP contribution < -0.4 is 0 Å². The standard InChI is InChI=1S/C10H13NO3/c1-7-5-11(4-3-10(13)14)8(2)9(7)6-12/h5-6H,3-4H2,1-2H3,(H,13,14). The van der Waals surface area contributed by atoms with Crippen molar-refractivity contribution >= 4 is 12.3 Å². The fraction of sp³-hybridized carbons (Fsp3) is 0.400. The van der Waals surface area contributed by atoms with Crippen molar-refractivity contribution in [2.75, 3.05) is 0 Å².